The molecule has 1 aliphatic carbocycles. The molecule has 0 bridgehead atoms. The maximum absolute atomic E-state index is 11.0. The van der Waals surface area contributed by atoms with Gasteiger partial charge < -0.3 is 4.42 Å². The molecule has 1 aromatic rings. The summed E-state index contributed by atoms with van der Waals surface area (Å²) < 4.78 is 5.16. The molecule has 0 atom stereocenters. The van der Waals surface area contributed by atoms with Crippen LogP contribution in [-0.2, 0) is 0 Å². The normalized spacial score (nSPS) is 18.8. The van der Waals surface area contributed by atoms with Gasteiger partial charge in [-0.05, 0) is 18.9 Å². The van der Waals surface area contributed by atoms with Gasteiger partial charge in [-0.1, -0.05) is 25.3 Å². The van der Waals surface area contributed by atoms with Crippen LogP contribution in [0, 0.1) is 0 Å². The van der Waals surface area contributed by atoms with Gasteiger partial charge >= 0.3 is 5.63 Å². The average molecular weight is 178 g/mol. The van der Waals surface area contributed by atoms with Crippen LogP contribution in [0.3, 0.4) is 0 Å². The summed E-state index contributed by atoms with van der Waals surface area (Å²) in [6.07, 6.45) is 6.21. The van der Waals surface area contributed by atoms with Crippen molar-refractivity contribution in [3.8, 4) is 0 Å². The molecular formula is C11H14O2. The molecule has 0 saturated heterocycles. The van der Waals surface area contributed by atoms with Gasteiger partial charge in [0.1, 0.15) is 5.76 Å². The molecule has 0 spiro atoms. The van der Waals surface area contributed by atoms with E-state index in [-0.39, 0.29) is 5.63 Å². The van der Waals surface area contributed by atoms with Gasteiger partial charge in [0, 0.05) is 12.0 Å². The maximum Gasteiger partial charge on any atom is 0.335 e. The molecule has 0 aromatic carbocycles. The topological polar surface area (TPSA) is 30.2 Å². The molecule has 2 rings (SSSR count). The third kappa shape index (κ3) is 2.00. The molecule has 0 unspecified atom stereocenters. The third-order valence-corrected chi connectivity index (χ3v) is 2.72. The summed E-state index contributed by atoms with van der Waals surface area (Å²) in [5.41, 5.74) is -0.219. The predicted octanol–water partition coefficient (Wildman–Crippen LogP) is 2.69. The van der Waals surface area contributed by atoms with Crippen molar-refractivity contribution in [1.82, 2.24) is 0 Å². The van der Waals surface area contributed by atoms with Crippen molar-refractivity contribution in [3.05, 3.63) is 34.4 Å². The second kappa shape index (κ2) is 3.77. The molecule has 2 nitrogen and oxygen atoms in total. The fraction of sp³-hybridized carbons (Fsp3) is 0.545. The van der Waals surface area contributed by atoms with Crippen molar-refractivity contribution in [1.29, 1.82) is 0 Å². The van der Waals surface area contributed by atoms with E-state index >= 15 is 0 Å². The van der Waals surface area contributed by atoms with Crippen molar-refractivity contribution in [2.24, 2.45) is 0 Å². The van der Waals surface area contributed by atoms with E-state index in [0.29, 0.717) is 5.92 Å². The van der Waals surface area contributed by atoms with E-state index in [4.69, 9.17) is 4.42 Å². The fourth-order valence-electron chi connectivity index (χ4n) is 2.01. The van der Waals surface area contributed by atoms with Crippen molar-refractivity contribution >= 4 is 0 Å². The molecule has 1 saturated carbocycles. The molecule has 0 aliphatic heterocycles. The van der Waals surface area contributed by atoms with Crippen LogP contribution in [0.2, 0.25) is 0 Å². The summed E-state index contributed by atoms with van der Waals surface area (Å²) in [4.78, 5) is 11.0. The van der Waals surface area contributed by atoms with Crippen LogP contribution >= 0.6 is 0 Å². The zero-order chi connectivity index (χ0) is 9.10. The second-order valence-corrected chi connectivity index (χ2v) is 3.68. The minimum Gasteiger partial charge on any atom is -0.428 e. The highest BCUT2D eigenvalue weighted by atomic mass is 16.4. The first-order valence-electron chi connectivity index (χ1n) is 4.96. The Morgan fingerprint density at radius 1 is 1.15 bits per heavy atom. The minimum atomic E-state index is -0.219. The van der Waals surface area contributed by atoms with Gasteiger partial charge in [0.05, 0.1) is 0 Å². The molecule has 1 fully saturated rings. The monoisotopic (exact) mass is 178 g/mol. The smallest absolute Gasteiger partial charge is 0.335 e. The first kappa shape index (κ1) is 8.54. The van der Waals surface area contributed by atoms with Gasteiger partial charge in [-0.3, -0.25) is 0 Å². The van der Waals surface area contributed by atoms with E-state index in [0.717, 1.165) is 5.76 Å². The van der Waals surface area contributed by atoms with Gasteiger partial charge in [0.2, 0.25) is 0 Å². The molecule has 13 heavy (non-hydrogen) atoms. The molecular weight excluding hydrogens is 164 g/mol. The highest BCUT2D eigenvalue weighted by Crippen LogP contribution is 2.31. The largest absolute Gasteiger partial charge is 0.428 e. The zero-order valence-corrected chi connectivity index (χ0v) is 7.66. The molecule has 1 aliphatic rings. The molecule has 0 N–H and O–H groups in total. The Labute approximate surface area is 77.6 Å². The number of hydrogen-bond donors (Lipinski definition) is 0. The Morgan fingerprint density at radius 2 is 1.92 bits per heavy atom. The van der Waals surface area contributed by atoms with Crippen LogP contribution in [0.25, 0.3) is 0 Å². The minimum absolute atomic E-state index is 0.219. The predicted molar refractivity (Wildman–Crippen MR) is 50.8 cm³/mol. The molecule has 1 heterocycles. The number of hydrogen-bond acceptors (Lipinski definition) is 2. The lowest BCUT2D eigenvalue weighted by atomic mass is 9.87. The highest BCUT2D eigenvalue weighted by molar-refractivity contribution is 5.05. The molecule has 2 heteroatoms. The van der Waals surface area contributed by atoms with E-state index in [9.17, 15) is 4.79 Å². The Morgan fingerprint density at radius 3 is 2.62 bits per heavy atom. The molecule has 0 radical (unpaired) electrons. The van der Waals surface area contributed by atoms with Crippen molar-refractivity contribution in [2.75, 3.05) is 0 Å². The van der Waals surface area contributed by atoms with Gasteiger partial charge in [0.15, 0.2) is 0 Å². The van der Waals surface area contributed by atoms with E-state index in [1.165, 1.54) is 38.2 Å². The summed E-state index contributed by atoms with van der Waals surface area (Å²) in [7, 11) is 0. The van der Waals surface area contributed by atoms with E-state index < -0.39 is 0 Å². The Hall–Kier alpha value is -1.05. The SMILES string of the molecule is O=c1cccc(C2CCCCC2)o1. The average Bonchev–Trinajstić information content (AvgIpc) is 2.19. The summed E-state index contributed by atoms with van der Waals surface area (Å²) in [6.45, 7) is 0. The van der Waals surface area contributed by atoms with Crippen molar-refractivity contribution < 1.29 is 4.42 Å². The molecule has 1 aromatic heterocycles. The van der Waals surface area contributed by atoms with Gasteiger partial charge in [0.25, 0.3) is 0 Å². The number of rotatable bonds is 1. The third-order valence-electron chi connectivity index (χ3n) is 2.72. The first-order valence-corrected chi connectivity index (χ1v) is 4.96. The fourth-order valence-corrected chi connectivity index (χ4v) is 2.01. The van der Waals surface area contributed by atoms with Crippen molar-refractivity contribution in [2.45, 2.75) is 38.0 Å². The van der Waals surface area contributed by atoms with Crippen LogP contribution < -0.4 is 5.63 Å². The van der Waals surface area contributed by atoms with Crippen LogP contribution in [0.15, 0.2) is 27.4 Å². The molecule has 70 valence electrons. The van der Waals surface area contributed by atoms with E-state index in [1.54, 1.807) is 6.07 Å². The second-order valence-electron chi connectivity index (χ2n) is 3.68. The first-order chi connectivity index (χ1) is 6.36. The quantitative estimate of drug-likeness (QED) is 0.661. The van der Waals surface area contributed by atoms with Gasteiger partial charge in [-0.25, -0.2) is 4.79 Å². The summed E-state index contributed by atoms with van der Waals surface area (Å²) in [6, 6.07) is 5.18. The van der Waals surface area contributed by atoms with Crippen LogP contribution in [0.4, 0.5) is 0 Å². The molecule has 0 amide bonds. The lowest BCUT2D eigenvalue weighted by Gasteiger charge is -2.19. The Bertz CT molecular complexity index is 321. The van der Waals surface area contributed by atoms with E-state index in [2.05, 4.69) is 0 Å². The van der Waals surface area contributed by atoms with Crippen LogP contribution in [0.5, 0.6) is 0 Å². The Kier molecular flexibility index (Phi) is 2.48. The highest BCUT2D eigenvalue weighted by Gasteiger charge is 2.17. The van der Waals surface area contributed by atoms with Gasteiger partial charge in [-0.2, -0.15) is 0 Å². The van der Waals surface area contributed by atoms with E-state index in [1.807, 2.05) is 6.07 Å². The summed E-state index contributed by atoms with van der Waals surface area (Å²) in [5, 5.41) is 0. The zero-order valence-electron chi connectivity index (χ0n) is 7.66. The summed E-state index contributed by atoms with van der Waals surface area (Å²) in [5.74, 6) is 1.37. The Balaban J connectivity index is 2.19. The lowest BCUT2D eigenvalue weighted by molar-refractivity contribution is 0.355. The van der Waals surface area contributed by atoms with Crippen molar-refractivity contribution in [3.63, 3.8) is 0 Å². The maximum atomic E-state index is 11.0. The standard InChI is InChI=1S/C11H14O2/c12-11-8-4-7-10(13-11)9-5-2-1-3-6-9/h4,7-9H,1-3,5-6H2. The lowest BCUT2D eigenvalue weighted by Crippen LogP contribution is -2.07. The summed E-state index contributed by atoms with van der Waals surface area (Å²) >= 11 is 0. The van der Waals surface area contributed by atoms with Gasteiger partial charge in [-0.15, -0.1) is 0 Å². The van der Waals surface area contributed by atoms with Crippen LogP contribution in [-0.4, -0.2) is 0 Å². The van der Waals surface area contributed by atoms with Crippen LogP contribution in [0.1, 0.15) is 43.8 Å².